The number of methoxy groups -OCH3 is 1. The van der Waals surface area contributed by atoms with E-state index >= 15 is 0 Å². The van der Waals surface area contributed by atoms with Crippen LogP contribution in [-0.4, -0.2) is 54.9 Å². The molecular formula is C17H23NO7. The van der Waals surface area contributed by atoms with Crippen LogP contribution >= 0.6 is 0 Å². The molecule has 1 fully saturated rings. The molecule has 1 aromatic rings. The monoisotopic (exact) mass is 353 g/mol. The minimum absolute atomic E-state index is 0.0345. The van der Waals surface area contributed by atoms with Crippen molar-refractivity contribution in [2.24, 2.45) is 0 Å². The Balaban J connectivity index is 1.95. The zero-order valence-corrected chi connectivity index (χ0v) is 14.4. The summed E-state index contributed by atoms with van der Waals surface area (Å²) >= 11 is 0. The summed E-state index contributed by atoms with van der Waals surface area (Å²) in [5.41, 5.74) is 0.794. The molecule has 0 saturated carbocycles. The molecule has 1 saturated heterocycles. The predicted molar refractivity (Wildman–Crippen MR) is 86.5 cm³/mol. The molecule has 3 atom stereocenters. The number of hydrogen-bond donors (Lipinski definition) is 2. The van der Waals surface area contributed by atoms with E-state index < -0.39 is 36.1 Å². The van der Waals surface area contributed by atoms with Gasteiger partial charge in [0, 0.05) is 0 Å². The summed E-state index contributed by atoms with van der Waals surface area (Å²) in [5.74, 6) is -1.68. The summed E-state index contributed by atoms with van der Waals surface area (Å²) in [4.78, 5) is 23.9. The van der Waals surface area contributed by atoms with Crippen molar-refractivity contribution in [1.29, 1.82) is 0 Å². The number of amides is 1. The number of esters is 1. The third-order valence-electron chi connectivity index (χ3n) is 3.69. The third kappa shape index (κ3) is 5.42. The van der Waals surface area contributed by atoms with Crippen LogP contribution in [0.1, 0.15) is 19.4 Å². The van der Waals surface area contributed by atoms with Gasteiger partial charge in [-0.1, -0.05) is 30.3 Å². The molecule has 0 aliphatic carbocycles. The highest BCUT2D eigenvalue weighted by atomic mass is 16.7. The molecule has 0 radical (unpaired) electrons. The Morgan fingerprint density at radius 1 is 1.36 bits per heavy atom. The van der Waals surface area contributed by atoms with Gasteiger partial charge in [-0.15, -0.1) is 0 Å². The van der Waals surface area contributed by atoms with Crippen molar-refractivity contribution >= 4 is 12.1 Å². The van der Waals surface area contributed by atoms with Gasteiger partial charge in [-0.3, -0.25) is 0 Å². The second-order valence-electron chi connectivity index (χ2n) is 6.06. The maximum Gasteiger partial charge on any atom is 0.408 e. The largest absolute Gasteiger partial charge is 0.467 e. The Labute approximate surface area is 146 Å². The number of nitrogens with one attached hydrogen (secondary N) is 1. The molecule has 138 valence electrons. The minimum atomic E-state index is -1.35. The Kier molecular flexibility index (Phi) is 6.35. The van der Waals surface area contributed by atoms with Crippen LogP contribution in [0.15, 0.2) is 30.3 Å². The van der Waals surface area contributed by atoms with Crippen molar-refractivity contribution < 1.29 is 33.6 Å². The molecule has 0 aromatic heterocycles. The van der Waals surface area contributed by atoms with Gasteiger partial charge >= 0.3 is 12.1 Å². The second kappa shape index (κ2) is 8.28. The quantitative estimate of drug-likeness (QED) is 0.734. The van der Waals surface area contributed by atoms with Crippen molar-refractivity contribution in [3.63, 3.8) is 0 Å². The first-order valence-electron chi connectivity index (χ1n) is 7.87. The SMILES string of the molecule is COC(=O)[C@@H](NC(=O)OCc1ccccc1)[C@H](O)[C@H]1COC(C)(C)O1. The molecule has 0 bridgehead atoms. The Bertz CT molecular complexity index is 590. The van der Waals surface area contributed by atoms with E-state index in [2.05, 4.69) is 10.1 Å². The minimum Gasteiger partial charge on any atom is -0.467 e. The molecule has 0 unspecified atom stereocenters. The van der Waals surface area contributed by atoms with Gasteiger partial charge in [-0.25, -0.2) is 9.59 Å². The molecule has 1 aliphatic heterocycles. The number of hydrogen-bond acceptors (Lipinski definition) is 7. The summed E-state index contributed by atoms with van der Waals surface area (Å²) < 4.78 is 20.6. The van der Waals surface area contributed by atoms with Crippen molar-refractivity contribution in [2.75, 3.05) is 13.7 Å². The van der Waals surface area contributed by atoms with Crippen molar-refractivity contribution in [3.8, 4) is 0 Å². The average Bonchev–Trinajstić information content (AvgIpc) is 2.97. The maximum atomic E-state index is 12.0. The fraction of sp³-hybridized carbons (Fsp3) is 0.529. The lowest BCUT2D eigenvalue weighted by Crippen LogP contribution is -2.54. The van der Waals surface area contributed by atoms with E-state index in [1.807, 2.05) is 18.2 Å². The van der Waals surface area contributed by atoms with Gasteiger partial charge in [0.2, 0.25) is 0 Å². The highest BCUT2D eigenvalue weighted by molar-refractivity contribution is 5.82. The summed E-state index contributed by atoms with van der Waals surface area (Å²) in [6.45, 7) is 3.50. The summed E-state index contributed by atoms with van der Waals surface area (Å²) in [5, 5.41) is 12.7. The number of ether oxygens (including phenoxy) is 4. The first-order chi connectivity index (χ1) is 11.8. The van der Waals surface area contributed by atoms with Crippen LogP contribution in [0.25, 0.3) is 0 Å². The van der Waals surface area contributed by atoms with Crippen molar-refractivity contribution in [2.45, 2.75) is 44.5 Å². The van der Waals surface area contributed by atoms with Gasteiger partial charge in [-0.2, -0.15) is 0 Å². The zero-order chi connectivity index (χ0) is 18.4. The van der Waals surface area contributed by atoms with Crippen LogP contribution in [0.5, 0.6) is 0 Å². The number of carbonyl (C=O) groups excluding carboxylic acids is 2. The molecule has 1 aromatic carbocycles. The van der Waals surface area contributed by atoms with Crippen LogP contribution < -0.4 is 5.32 Å². The Hall–Kier alpha value is -2.16. The van der Waals surface area contributed by atoms with E-state index in [0.29, 0.717) is 0 Å². The lowest BCUT2D eigenvalue weighted by molar-refractivity contribution is -0.162. The normalized spacial score (nSPS) is 21.2. The molecule has 0 spiro atoms. The maximum absolute atomic E-state index is 12.0. The number of rotatable bonds is 6. The molecule has 2 N–H and O–H groups in total. The van der Waals surface area contributed by atoms with Gasteiger partial charge in [0.25, 0.3) is 0 Å². The Morgan fingerprint density at radius 2 is 2.04 bits per heavy atom. The van der Waals surface area contributed by atoms with E-state index in [9.17, 15) is 14.7 Å². The van der Waals surface area contributed by atoms with E-state index in [4.69, 9.17) is 14.2 Å². The fourth-order valence-electron chi connectivity index (χ4n) is 2.40. The highest BCUT2D eigenvalue weighted by Crippen LogP contribution is 2.25. The van der Waals surface area contributed by atoms with Crippen molar-refractivity contribution in [1.82, 2.24) is 5.32 Å². The van der Waals surface area contributed by atoms with Gasteiger partial charge in [0.05, 0.1) is 13.7 Å². The molecule has 8 nitrogen and oxygen atoms in total. The summed E-state index contributed by atoms with van der Waals surface area (Å²) in [6, 6.07) is 7.74. The van der Waals surface area contributed by atoms with Crippen molar-refractivity contribution in [3.05, 3.63) is 35.9 Å². The number of aliphatic hydroxyl groups is 1. The van der Waals surface area contributed by atoms with Gasteiger partial charge < -0.3 is 29.4 Å². The molecule has 1 aliphatic rings. The van der Waals surface area contributed by atoms with Crippen LogP contribution in [0.4, 0.5) is 4.79 Å². The van der Waals surface area contributed by atoms with E-state index in [0.717, 1.165) is 12.7 Å². The van der Waals surface area contributed by atoms with Crippen LogP contribution in [-0.2, 0) is 30.3 Å². The molecule has 25 heavy (non-hydrogen) atoms. The zero-order valence-electron chi connectivity index (χ0n) is 14.4. The van der Waals surface area contributed by atoms with Gasteiger partial charge in [-0.05, 0) is 19.4 Å². The third-order valence-corrected chi connectivity index (χ3v) is 3.69. The summed E-state index contributed by atoms with van der Waals surface area (Å²) in [6.07, 6.45) is -2.98. The summed E-state index contributed by atoms with van der Waals surface area (Å²) in [7, 11) is 1.16. The molecule has 2 rings (SSSR count). The van der Waals surface area contributed by atoms with Gasteiger partial charge in [0.15, 0.2) is 11.8 Å². The standard InChI is InChI=1S/C17H23NO7/c1-17(2)24-10-12(25-17)14(19)13(15(20)22-3)18-16(21)23-9-11-7-5-4-6-8-11/h4-8,12-14,19H,9-10H2,1-3H3,(H,18,21)/t12-,13+,14-/m1/s1. The van der Waals surface area contributed by atoms with Crippen LogP contribution in [0.2, 0.25) is 0 Å². The smallest absolute Gasteiger partial charge is 0.408 e. The molecule has 8 heteroatoms. The number of carbonyl (C=O) groups is 2. The topological polar surface area (TPSA) is 103 Å². The van der Waals surface area contributed by atoms with E-state index in [1.165, 1.54) is 0 Å². The van der Waals surface area contributed by atoms with Crippen LogP contribution in [0, 0.1) is 0 Å². The van der Waals surface area contributed by atoms with Gasteiger partial charge in [0.1, 0.15) is 18.8 Å². The molecule has 1 heterocycles. The number of benzene rings is 1. The molecule has 1 amide bonds. The average molecular weight is 353 g/mol. The lowest BCUT2D eigenvalue weighted by Gasteiger charge is -2.26. The van der Waals surface area contributed by atoms with Crippen LogP contribution in [0.3, 0.4) is 0 Å². The first-order valence-corrected chi connectivity index (χ1v) is 7.87. The molecular weight excluding hydrogens is 330 g/mol. The lowest BCUT2D eigenvalue weighted by atomic mass is 10.1. The second-order valence-corrected chi connectivity index (χ2v) is 6.06. The number of aliphatic hydroxyl groups excluding tert-OH is 1. The highest BCUT2D eigenvalue weighted by Gasteiger charge is 2.43. The first kappa shape index (κ1) is 19.2. The Morgan fingerprint density at radius 3 is 2.60 bits per heavy atom. The number of alkyl carbamates (subject to hydrolysis) is 1. The fourth-order valence-corrected chi connectivity index (χ4v) is 2.40. The predicted octanol–water partition coefficient (Wildman–Crippen LogP) is 0.967. The van der Waals surface area contributed by atoms with E-state index in [-0.39, 0.29) is 13.2 Å². The van der Waals surface area contributed by atoms with E-state index in [1.54, 1.807) is 26.0 Å².